The molecule has 0 aliphatic heterocycles. The van der Waals surface area contributed by atoms with E-state index in [4.69, 9.17) is 0 Å². The van der Waals surface area contributed by atoms with Crippen molar-refractivity contribution in [3.05, 3.63) is 29.8 Å². The third kappa shape index (κ3) is 6.41. The average molecular weight is 370 g/mol. The summed E-state index contributed by atoms with van der Waals surface area (Å²) in [6, 6.07) is 3.44. The van der Waals surface area contributed by atoms with E-state index in [2.05, 4.69) is 11.6 Å². The lowest BCUT2D eigenvalue weighted by Gasteiger charge is -2.26. The fourth-order valence-electron chi connectivity index (χ4n) is 2.49. The Morgan fingerprint density at radius 2 is 1.50 bits per heavy atom. The van der Waals surface area contributed by atoms with Crippen molar-refractivity contribution < 1.29 is 23.0 Å². The van der Waals surface area contributed by atoms with Crippen LogP contribution in [0.25, 0.3) is 0 Å². The molecule has 1 saturated carbocycles. The minimum absolute atomic E-state index is 0. The fraction of sp³-hybridized carbons (Fsp3) is 0.625. The molecule has 0 aromatic heterocycles. The van der Waals surface area contributed by atoms with Crippen molar-refractivity contribution in [2.75, 3.05) is 0 Å². The highest BCUT2D eigenvalue weighted by molar-refractivity contribution is 7.89. The van der Waals surface area contributed by atoms with E-state index < -0.39 is 21.8 Å². The molecule has 4 nitrogen and oxygen atoms in total. The van der Waals surface area contributed by atoms with Gasteiger partial charge in [0.1, 0.15) is 0 Å². The quantitative estimate of drug-likeness (QED) is 0.786. The molecule has 24 heavy (non-hydrogen) atoms. The van der Waals surface area contributed by atoms with E-state index in [1.165, 1.54) is 0 Å². The van der Waals surface area contributed by atoms with Gasteiger partial charge in [-0.05, 0) is 55.9 Å². The molecular weight excluding hydrogens is 341 g/mol. The van der Waals surface area contributed by atoms with E-state index in [1.807, 2.05) is 13.8 Å². The van der Waals surface area contributed by atoms with Crippen LogP contribution in [0.2, 0.25) is 0 Å². The normalized spacial score (nSPS) is 21.2. The molecule has 0 radical (unpaired) electrons. The van der Waals surface area contributed by atoms with Crippen LogP contribution in [0.1, 0.15) is 53.4 Å². The first kappa shape index (κ1) is 22.9. The molecule has 0 saturated heterocycles. The molecule has 1 aromatic rings. The number of halogens is 3. The van der Waals surface area contributed by atoms with Gasteiger partial charge in [0.15, 0.2) is 0 Å². The molecule has 0 bridgehead atoms. The first-order valence-corrected chi connectivity index (χ1v) is 9.36. The van der Waals surface area contributed by atoms with Crippen LogP contribution in [0.5, 0.6) is 0 Å². The lowest BCUT2D eigenvalue weighted by atomic mass is 9.88. The Morgan fingerprint density at radius 3 is 1.92 bits per heavy atom. The van der Waals surface area contributed by atoms with Crippen molar-refractivity contribution in [2.24, 2.45) is 5.92 Å². The summed E-state index contributed by atoms with van der Waals surface area (Å²) in [5.41, 5.74) is -0.854. The highest BCUT2D eigenvalue weighted by Gasteiger charge is 2.31. The number of alkyl halides is 3. The fourth-order valence-corrected chi connectivity index (χ4v) is 3.79. The Bertz CT molecular complexity index is 584. The molecule has 1 aliphatic rings. The van der Waals surface area contributed by atoms with Crippen molar-refractivity contribution in [1.29, 1.82) is 0 Å². The summed E-state index contributed by atoms with van der Waals surface area (Å²) in [6.07, 6.45) is -1.02. The number of benzene rings is 1. The number of hydrogen-bond donors (Lipinski definition) is 2. The second-order valence-corrected chi connectivity index (χ2v) is 7.31. The summed E-state index contributed by atoms with van der Waals surface area (Å²) >= 11 is 0. The Kier molecular flexibility index (Phi) is 8.95. The molecule has 1 aromatic carbocycles. The summed E-state index contributed by atoms with van der Waals surface area (Å²) in [7, 11) is -3.76. The van der Waals surface area contributed by atoms with Crippen LogP contribution in [0.3, 0.4) is 0 Å². The van der Waals surface area contributed by atoms with E-state index in [1.54, 1.807) is 0 Å². The number of nitrogens with one attached hydrogen (secondary N) is 1. The van der Waals surface area contributed by atoms with Gasteiger partial charge in [0.25, 0.3) is 0 Å². The molecular formula is C16H29F3N2O2S. The third-order valence-electron chi connectivity index (χ3n) is 3.83. The van der Waals surface area contributed by atoms with Gasteiger partial charge >= 0.3 is 6.18 Å². The van der Waals surface area contributed by atoms with Gasteiger partial charge in [-0.2, -0.15) is 13.2 Å². The molecule has 0 spiro atoms. The number of hydrogen-bond acceptors (Lipinski definition) is 3. The van der Waals surface area contributed by atoms with Crippen molar-refractivity contribution in [3.63, 3.8) is 0 Å². The molecule has 4 N–H and O–H groups in total. The predicted octanol–water partition coefficient (Wildman–Crippen LogP) is 5.00. The van der Waals surface area contributed by atoms with E-state index in [0.29, 0.717) is 5.92 Å². The molecule has 1 fully saturated rings. The second kappa shape index (κ2) is 9.39. The Morgan fingerprint density at radius 1 is 1.04 bits per heavy atom. The van der Waals surface area contributed by atoms with E-state index >= 15 is 0 Å². The summed E-state index contributed by atoms with van der Waals surface area (Å²) in [6.45, 7) is 6.13. The number of rotatable bonds is 3. The Hall–Kier alpha value is -1.12. The smallest absolute Gasteiger partial charge is 0.344 e. The second-order valence-electron chi connectivity index (χ2n) is 5.60. The number of sulfonamides is 1. The van der Waals surface area contributed by atoms with Gasteiger partial charge in [-0.25, -0.2) is 13.1 Å². The van der Waals surface area contributed by atoms with Crippen LogP contribution in [0.4, 0.5) is 13.2 Å². The summed E-state index contributed by atoms with van der Waals surface area (Å²) < 4.78 is 64.3. The minimum Gasteiger partial charge on any atom is -0.344 e. The van der Waals surface area contributed by atoms with Crippen LogP contribution in [-0.4, -0.2) is 14.5 Å². The van der Waals surface area contributed by atoms with Gasteiger partial charge < -0.3 is 6.15 Å². The molecule has 1 aliphatic carbocycles. The van der Waals surface area contributed by atoms with Gasteiger partial charge in [-0.1, -0.05) is 20.8 Å². The zero-order chi connectivity index (χ0) is 17.7. The van der Waals surface area contributed by atoms with Crippen molar-refractivity contribution in [2.45, 2.75) is 63.6 Å². The topological polar surface area (TPSA) is 81.2 Å². The van der Waals surface area contributed by atoms with Gasteiger partial charge in [0.05, 0.1) is 10.5 Å². The molecule has 8 heteroatoms. The Balaban J connectivity index is 0. The van der Waals surface area contributed by atoms with Crippen LogP contribution in [-0.2, 0) is 16.2 Å². The highest BCUT2D eigenvalue weighted by Crippen LogP contribution is 2.30. The summed E-state index contributed by atoms with van der Waals surface area (Å²) in [5.74, 6) is 0.594. The summed E-state index contributed by atoms with van der Waals surface area (Å²) in [5, 5.41) is 0. The molecule has 2 rings (SSSR count). The van der Waals surface area contributed by atoms with Gasteiger partial charge in [0, 0.05) is 7.47 Å². The monoisotopic (exact) mass is 370 g/mol. The average Bonchev–Trinajstić information content (AvgIpc) is 2.51. The maximum absolute atomic E-state index is 12.5. The van der Waals surface area contributed by atoms with Crippen molar-refractivity contribution in [3.8, 4) is 0 Å². The molecule has 0 unspecified atom stereocenters. The molecule has 0 atom stereocenters. The maximum Gasteiger partial charge on any atom is 0.416 e. The van der Waals surface area contributed by atoms with Crippen LogP contribution >= 0.6 is 0 Å². The zero-order valence-corrected chi connectivity index (χ0v) is 15.2. The van der Waals surface area contributed by atoms with Crippen LogP contribution in [0, 0.1) is 5.92 Å². The van der Waals surface area contributed by atoms with Gasteiger partial charge in [0.2, 0.25) is 10.0 Å². The van der Waals surface area contributed by atoms with E-state index in [-0.39, 0.29) is 18.5 Å². The molecule has 0 heterocycles. The maximum atomic E-state index is 12.5. The Labute approximate surface area is 144 Å². The van der Waals surface area contributed by atoms with E-state index in [9.17, 15) is 21.6 Å². The lowest BCUT2D eigenvalue weighted by Crippen LogP contribution is -2.37. The highest BCUT2D eigenvalue weighted by atomic mass is 32.2. The van der Waals surface area contributed by atoms with Crippen molar-refractivity contribution >= 4 is 10.0 Å². The predicted molar refractivity (Wildman–Crippen MR) is 91.7 cm³/mol. The minimum atomic E-state index is -4.46. The first-order valence-electron chi connectivity index (χ1n) is 7.88. The molecule has 142 valence electrons. The van der Waals surface area contributed by atoms with Gasteiger partial charge in [-0.15, -0.1) is 0 Å². The molecule has 0 amide bonds. The largest absolute Gasteiger partial charge is 0.416 e. The van der Waals surface area contributed by atoms with Crippen molar-refractivity contribution in [1.82, 2.24) is 10.9 Å². The third-order valence-corrected chi connectivity index (χ3v) is 5.37. The van der Waals surface area contributed by atoms with Crippen LogP contribution in [0.15, 0.2) is 29.2 Å². The lowest BCUT2D eigenvalue weighted by molar-refractivity contribution is -0.137. The van der Waals surface area contributed by atoms with E-state index in [0.717, 1.165) is 49.9 Å². The SMILES string of the molecule is CC.CC1CCC(NS(=O)(=O)c2ccc(C(F)(F)F)cc2)CC1.N.[HH]. The summed E-state index contributed by atoms with van der Waals surface area (Å²) in [4.78, 5) is -0.130. The standard InChI is InChI=1S/C14H18F3NO2S.C2H6.H3N.H2/c1-10-2-6-12(7-3-10)18-21(19,20)13-8-4-11(5-9-13)14(15,16)17;1-2;;/h4-5,8-10,12,18H,2-3,6-7H2,1H3;1-2H3;1H3;1H. The first-order chi connectivity index (χ1) is 10.7. The van der Waals surface area contributed by atoms with Crippen LogP contribution < -0.4 is 10.9 Å². The van der Waals surface area contributed by atoms with Gasteiger partial charge in [-0.3, -0.25) is 0 Å². The zero-order valence-electron chi connectivity index (χ0n) is 14.4.